The lowest BCUT2D eigenvalue weighted by molar-refractivity contribution is -0.137. The van der Waals surface area contributed by atoms with Crippen LogP contribution in [0.15, 0.2) is 42.5 Å². The maximum absolute atomic E-state index is 12.7. The lowest BCUT2D eigenvalue weighted by atomic mass is 10.0. The Balaban J connectivity index is 2.54. The van der Waals surface area contributed by atoms with Gasteiger partial charge in [0, 0.05) is 0 Å². The standard InChI is InChI=1S/C14H10F3IO/c1-19-12-7-3-6-11(13(12)18)9-4-2-5-10(8-9)14(15,16)17/h2-8H,1H3. The van der Waals surface area contributed by atoms with Gasteiger partial charge in [-0.05, 0) is 51.9 Å². The van der Waals surface area contributed by atoms with E-state index in [-0.39, 0.29) is 0 Å². The summed E-state index contributed by atoms with van der Waals surface area (Å²) >= 11 is 2.07. The number of halogens is 4. The third-order valence-electron chi connectivity index (χ3n) is 2.68. The van der Waals surface area contributed by atoms with Gasteiger partial charge >= 0.3 is 6.18 Å². The van der Waals surface area contributed by atoms with Crippen LogP contribution in [0.5, 0.6) is 5.75 Å². The molecule has 0 spiro atoms. The minimum Gasteiger partial charge on any atom is -0.496 e. The molecule has 2 aromatic carbocycles. The van der Waals surface area contributed by atoms with Crippen molar-refractivity contribution < 1.29 is 17.9 Å². The van der Waals surface area contributed by atoms with Crippen LogP contribution in [0.1, 0.15) is 5.56 Å². The molecule has 0 aliphatic carbocycles. The summed E-state index contributed by atoms with van der Waals surface area (Å²) in [6.45, 7) is 0. The lowest BCUT2D eigenvalue weighted by Gasteiger charge is -2.11. The molecule has 0 fully saturated rings. The van der Waals surface area contributed by atoms with E-state index in [0.29, 0.717) is 11.3 Å². The van der Waals surface area contributed by atoms with Crippen LogP contribution in [0.25, 0.3) is 11.1 Å². The predicted molar refractivity (Wildman–Crippen MR) is 76.1 cm³/mol. The van der Waals surface area contributed by atoms with Gasteiger partial charge in [0.2, 0.25) is 0 Å². The molecule has 2 rings (SSSR count). The van der Waals surface area contributed by atoms with Gasteiger partial charge in [0.25, 0.3) is 0 Å². The minimum atomic E-state index is -4.33. The van der Waals surface area contributed by atoms with Crippen molar-refractivity contribution in [3.63, 3.8) is 0 Å². The van der Waals surface area contributed by atoms with Gasteiger partial charge < -0.3 is 4.74 Å². The molecule has 0 atom stereocenters. The van der Waals surface area contributed by atoms with Crippen LogP contribution in [0.2, 0.25) is 0 Å². The molecular formula is C14H10F3IO. The molecule has 19 heavy (non-hydrogen) atoms. The molecule has 2 aromatic rings. The highest BCUT2D eigenvalue weighted by atomic mass is 127. The average Bonchev–Trinajstić information content (AvgIpc) is 2.38. The van der Waals surface area contributed by atoms with E-state index >= 15 is 0 Å². The minimum absolute atomic E-state index is 0.526. The van der Waals surface area contributed by atoms with Gasteiger partial charge in [-0.3, -0.25) is 0 Å². The molecule has 0 radical (unpaired) electrons. The molecule has 0 aliphatic rings. The maximum atomic E-state index is 12.7. The van der Waals surface area contributed by atoms with Crippen LogP contribution < -0.4 is 4.74 Å². The van der Waals surface area contributed by atoms with Crippen molar-refractivity contribution in [1.82, 2.24) is 0 Å². The Morgan fingerprint density at radius 1 is 1.05 bits per heavy atom. The van der Waals surface area contributed by atoms with E-state index in [0.717, 1.165) is 21.3 Å². The van der Waals surface area contributed by atoms with Crippen molar-refractivity contribution in [2.75, 3.05) is 7.11 Å². The van der Waals surface area contributed by atoms with E-state index in [1.54, 1.807) is 24.3 Å². The topological polar surface area (TPSA) is 9.23 Å². The van der Waals surface area contributed by atoms with Gasteiger partial charge in [-0.15, -0.1) is 0 Å². The van der Waals surface area contributed by atoms with Crippen LogP contribution in [0.3, 0.4) is 0 Å². The molecule has 5 heteroatoms. The van der Waals surface area contributed by atoms with E-state index in [1.165, 1.54) is 13.2 Å². The van der Waals surface area contributed by atoms with Crippen molar-refractivity contribution in [3.05, 3.63) is 51.6 Å². The van der Waals surface area contributed by atoms with Gasteiger partial charge in [0.15, 0.2) is 0 Å². The molecule has 0 aromatic heterocycles. The maximum Gasteiger partial charge on any atom is 0.416 e. The predicted octanol–water partition coefficient (Wildman–Crippen LogP) is 4.99. The Bertz CT molecular complexity index is 593. The van der Waals surface area contributed by atoms with Gasteiger partial charge in [0.05, 0.1) is 16.2 Å². The van der Waals surface area contributed by atoms with E-state index in [1.807, 2.05) is 0 Å². The van der Waals surface area contributed by atoms with Crippen molar-refractivity contribution in [1.29, 1.82) is 0 Å². The first-order valence-electron chi connectivity index (χ1n) is 5.43. The SMILES string of the molecule is COc1cccc(-c2cccc(C(F)(F)F)c2)c1I. The molecule has 0 heterocycles. The highest BCUT2D eigenvalue weighted by molar-refractivity contribution is 14.1. The Morgan fingerprint density at radius 2 is 1.74 bits per heavy atom. The Morgan fingerprint density at radius 3 is 2.37 bits per heavy atom. The van der Waals surface area contributed by atoms with Gasteiger partial charge in [-0.1, -0.05) is 24.3 Å². The summed E-state index contributed by atoms with van der Waals surface area (Å²) in [5, 5.41) is 0. The summed E-state index contributed by atoms with van der Waals surface area (Å²) in [6, 6.07) is 10.6. The van der Waals surface area contributed by atoms with Crippen LogP contribution in [0.4, 0.5) is 13.2 Å². The molecule has 100 valence electrons. The number of ether oxygens (including phenoxy) is 1. The largest absolute Gasteiger partial charge is 0.496 e. The number of rotatable bonds is 2. The van der Waals surface area contributed by atoms with Crippen LogP contribution >= 0.6 is 22.6 Å². The summed E-state index contributed by atoms with van der Waals surface area (Å²) in [4.78, 5) is 0. The van der Waals surface area contributed by atoms with Crippen molar-refractivity contribution in [2.24, 2.45) is 0 Å². The normalized spacial score (nSPS) is 11.4. The van der Waals surface area contributed by atoms with Gasteiger partial charge in [-0.2, -0.15) is 13.2 Å². The Labute approximate surface area is 122 Å². The molecular weight excluding hydrogens is 368 g/mol. The highest BCUT2D eigenvalue weighted by Crippen LogP contribution is 2.35. The molecule has 0 N–H and O–H groups in total. The second-order valence-electron chi connectivity index (χ2n) is 3.90. The molecule has 0 unspecified atom stereocenters. The Hall–Kier alpha value is -1.24. The molecule has 0 amide bonds. The number of hydrogen-bond donors (Lipinski definition) is 0. The van der Waals surface area contributed by atoms with E-state index in [4.69, 9.17) is 4.74 Å². The molecule has 0 bridgehead atoms. The second-order valence-corrected chi connectivity index (χ2v) is 4.98. The number of methoxy groups -OCH3 is 1. The average molecular weight is 378 g/mol. The van der Waals surface area contributed by atoms with Crippen LogP contribution in [-0.2, 0) is 6.18 Å². The zero-order valence-corrected chi connectivity index (χ0v) is 12.1. The second kappa shape index (κ2) is 5.40. The molecule has 1 nitrogen and oxygen atoms in total. The molecule has 0 aliphatic heterocycles. The smallest absolute Gasteiger partial charge is 0.416 e. The zero-order valence-electron chi connectivity index (χ0n) is 9.96. The fraction of sp³-hybridized carbons (Fsp3) is 0.143. The number of hydrogen-bond acceptors (Lipinski definition) is 1. The summed E-state index contributed by atoms with van der Waals surface area (Å²) in [5.41, 5.74) is 0.604. The van der Waals surface area contributed by atoms with Crippen molar-refractivity contribution in [2.45, 2.75) is 6.18 Å². The quantitative estimate of drug-likeness (QED) is 0.670. The summed E-state index contributed by atoms with van der Waals surface area (Å²) in [5.74, 6) is 0.649. The number of benzene rings is 2. The third-order valence-corrected chi connectivity index (χ3v) is 3.80. The van der Waals surface area contributed by atoms with Crippen molar-refractivity contribution in [3.8, 4) is 16.9 Å². The van der Waals surface area contributed by atoms with E-state index in [2.05, 4.69) is 22.6 Å². The summed E-state index contributed by atoms with van der Waals surface area (Å²) in [7, 11) is 1.54. The van der Waals surface area contributed by atoms with Crippen LogP contribution in [-0.4, -0.2) is 7.11 Å². The monoisotopic (exact) mass is 378 g/mol. The van der Waals surface area contributed by atoms with E-state index < -0.39 is 11.7 Å². The zero-order chi connectivity index (χ0) is 14.0. The molecule has 0 saturated heterocycles. The van der Waals surface area contributed by atoms with E-state index in [9.17, 15) is 13.2 Å². The summed E-state index contributed by atoms with van der Waals surface area (Å²) < 4.78 is 44.1. The number of alkyl halides is 3. The van der Waals surface area contributed by atoms with Gasteiger partial charge in [-0.25, -0.2) is 0 Å². The molecule has 0 saturated carbocycles. The summed E-state index contributed by atoms with van der Waals surface area (Å²) in [6.07, 6.45) is -4.33. The highest BCUT2D eigenvalue weighted by Gasteiger charge is 2.30. The Kier molecular flexibility index (Phi) is 4.03. The van der Waals surface area contributed by atoms with Crippen LogP contribution in [0, 0.1) is 3.57 Å². The lowest BCUT2D eigenvalue weighted by Crippen LogP contribution is -2.04. The van der Waals surface area contributed by atoms with Gasteiger partial charge in [0.1, 0.15) is 5.75 Å². The first-order chi connectivity index (χ1) is 8.93. The fourth-order valence-corrected chi connectivity index (χ4v) is 2.65. The third kappa shape index (κ3) is 3.02. The first kappa shape index (κ1) is 14.2. The fourth-order valence-electron chi connectivity index (χ4n) is 1.75. The van der Waals surface area contributed by atoms with Crippen molar-refractivity contribution >= 4 is 22.6 Å². The first-order valence-corrected chi connectivity index (χ1v) is 6.51.